The Hall–Kier alpha value is -1.06. The third-order valence-electron chi connectivity index (χ3n) is 2.69. The molecule has 1 aromatic carbocycles. The third kappa shape index (κ3) is 3.48. The number of aliphatic hydroxyl groups is 3. The monoisotopic (exact) mass is 293 g/mol. The second-order valence-electron chi connectivity index (χ2n) is 4.27. The Balaban J connectivity index is 3.17. The molecule has 0 bridgehead atoms. The van der Waals surface area contributed by atoms with Crippen LogP contribution in [0.4, 0.5) is 4.39 Å². The molecular weight excluding hydrogens is 277 g/mol. The van der Waals surface area contributed by atoms with E-state index in [1.807, 2.05) is 4.72 Å². The van der Waals surface area contributed by atoms with E-state index in [4.69, 9.17) is 15.3 Å². The van der Waals surface area contributed by atoms with Crippen molar-refractivity contribution in [2.45, 2.75) is 17.4 Å². The van der Waals surface area contributed by atoms with Gasteiger partial charge in [0.1, 0.15) is 11.4 Å². The fraction of sp³-hybridized carbons (Fsp3) is 0.455. The molecule has 4 N–H and O–H groups in total. The Morgan fingerprint density at radius 2 is 1.74 bits per heavy atom. The maximum Gasteiger partial charge on any atom is 0.241 e. The normalized spacial score (nSPS) is 12.7. The highest BCUT2D eigenvalue weighted by molar-refractivity contribution is 7.89. The van der Waals surface area contributed by atoms with Crippen molar-refractivity contribution in [3.63, 3.8) is 0 Å². The first-order chi connectivity index (χ1) is 8.80. The first-order valence-electron chi connectivity index (χ1n) is 5.43. The fourth-order valence-electron chi connectivity index (χ4n) is 1.50. The van der Waals surface area contributed by atoms with E-state index in [1.165, 1.54) is 6.92 Å². The molecule has 0 aliphatic heterocycles. The lowest BCUT2D eigenvalue weighted by Crippen LogP contribution is -2.56. The molecule has 6 nitrogen and oxygen atoms in total. The van der Waals surface area contributed by atoms with Gasteiger partial charge in [-0.15, -0.1) is 0 Å². The van der Waals surface area contributed by atoms with Crippen LogP contribution in [0, 0.1) is 12.7 Å². The van der Waals surface area contributed by atoms with Crippen molar-refractivity contribution in [3.8, 4) is 0 Å². The van der Waals surface area contributed by atoms with Crippen molar-refractivity contribution < 1.29 is 28.1 Å². The van der Waals surface area contributed by atoms with Gasteiger partial charge in [0, 0.05) is 0 Å². The SMILES string of the molecule is Cc1cc(F)ccc1S(=O)(=O)NC(CO)(CO)CO. The summed E-state index contributed by atoms with van der Waals surface area (Å²) >= 11 is 0. The highest BCUT2D eigenvalue weighted by Gasteiger charge is 2.34. The Bertz CT molecular complexity index is 534. The van der Waals surface area contributed by atoms with Crippen LogP contribution in [0.25, 0.3) is 0 Å². The molecule has 1 aromatic rings. The Morgan fingerprint density at radius 1 is 1.21 bits per heavy atom. The number of aliphatic hydroxyl groups excluding tert-OH is 3. The van der Waals surface area contributed by atoms with Crippen molar-refractivity contribution in [1.82, 2.24) is 4.72 Å². The molecule has 0 unspecified atom stereocenters. The summed E-state index contributed by atoms with van der Waals surface area (Å²) in [6.07, 6.45) is 0. The van der Waals surface area contributed by atoms with Crippen LogP contribution in [0.1, 0.15) is 5.56 Å². The van der Waals surface area contributed by atoms with E-state index in [0.717, 1.165) is 18.2 Å². The van der Waals surface area contributed by atoms with Crippen LogP contribution in [0.15, 0.2) is 23.1 Å². The second-order valence-corrected chi connectivity index (χ2v) is 5.92. The lowest BCUT2D eigenvalue weighted by molar-refractivity contribution is 0.0582. The van der Waals surface area contributed by atoms with Gasteiger partial charge in [-0.1, -0.05) is 0 Å². The van der Waals surface area contributed by atoms with Crippen LogP contribution in [-0.2, 0) is 10.0 Å². The zero-order chi connectivity index (χ0) is 14.7. The molecular formula is C11H16FNO5S. The standard InChI is InChI=1S/C11H16FNO5S/c1-8-4-9(12)2-3-10(8)19(17,18)13-11(5-14,6-15)7-16/h2-4,13-16H,5-7H2,1H3. The number of nitrogens with one attached hydrogen (secondary N) is 1. The molecule has 0 heterocycles. The van der Waals surface area contributed by atoms with Gasteiger partial charge in [-0.25, -0.2) is 12.8 Å². The average Bonchev–Trinajstić information content (AvgIpc) is 2.35. The molecule has 0 saturated carbocycles. The van der Waals surface area contributed by atoms with Crippen LogP contribution >= 0.6 is 0 Å². The molecule has 0 spiro atoms. The van der Waals surface area contributed by atoms with Crippen LogP contribution in [0.3, 0.4) is 0 Å². The van der Waals surface area contributed by atoms with E-state index in [-0.39, 0.29) is 10.5 Å². The molecule has 108 valence electrons. The summed E-state index contributed by atoms with van der Waals surface area (Å²) in [5.74, 6) is -0.575. The number of halogens is 1. The summed E-state index contributed by atoms with van der Waals surface area (Å²) in [5, 5.41) is 27.3. The van der Waals surface area contributed by atoms with Crippen molar-refractivity contribution in [2.24, 2.45) is 0 Å². The van der Waals surface area contributed by atoms with E-state index >= 15 is 0 Å². The smallest absolute Gasteiger partial charge is 0.241 e. The van der Waals surface area contributed by atoms with Crippen molar-refractivity contribution in [1.29, 1.82) is 0 Å². The summed E-state index contributed by atoms with van der Waals surface area (Å²) in [4.78, 5) is -0.186. The highest BCUT2D eigenvalue weighted by Crippen LogP contribution is 2.18. The fourth-order valence-corrected chi connectivity index (χ4v) is 3.10. The van der Waals surface area contributed by atoms with Gasteiger partial charge in [0.25, 0.3) is 0 Å². The van der Waals surface area contributed by atoms with Crippen LogP contribution in [-0.4, -0.2) is 49.1 Å². The van der Waals surface area contributed by atoms with Gasteiger partial charge < -0.3 is 15.3 Å². The van der Waals surface area contributed by atoms with Gasteiger partial charge >= 0.3 is 0 Å². The Labute approximate surface area is 110 Å². The minimum Gasteiger partial charge on any atom is -0.394 e. The van der Waals surface area contributed by atoms with Crippen molar-refractivity contribution in [3.05, 3.63) is 29.6 Å². The number of rotatable bonds is 6. The minimum absolute atomic E-state index is 0.176. The molecule has 0 atom stereocenters. The number of hydrogen-bond acceptors (Lipinski definition) is 5. The van der Waals surface area contributed by atoms with Crippen molar-refractivity contribution >= 4 is 10.0 Å². The molecule has 0 radical (unpaired) electrons. The number of aryl methyl sites for hydroxylation is 1. The first-order valence-corrected chi connectivity index (χ1v) is 6.91. The quantitative estimate of drug-likeness (QED) is 0.545. The van der Waals surface area contributed by atoms with Crippen LogP contribution in [0.5, 0.6) is 0 Å². The molecule has 0 aromatic heterocycles. The van der Waals surface area contributed by atoms with E-state index in [9.17, 15) is 12.8 Å². The molecule has 0 amide bonds. The molecule has 8 heteroatoms. The zero-order valence-corrected chi connectivity index (χ0v) is 11.1. The Kier molecular flexibility index (Phi) is 4.99. The van der Waals surface area contributed by atoms with Gasteiger partial charge in [0.2, 0.25) is 10.0 Å². The minimum atomic E-state index is -4.10. The van der Waals surface area contributed by atoms with E-state index in [0.29, 0.717) is 0 Å². The second kappa shape index (κ2) is 5.93. The molecule has 0 aliphatic carbocycles. The maximum absolute atomic E-state index is 12.9. The predicted molar refractivity (Wildman–Crippen MR) is 65.4 cm³/mol. The molecule has 0 aliphatic rings. The van der Waals surface area contributed by atoms with E-state index in [2.05, 4.69) is 0 Å². The van der Waals surface area contributed by atoms with E-state index in [1.54, 1.807) is 0 Å². The summed E-state index contributed by atoms with van der Waals surface area (Å²) < 4.78 is 39.1. The van der Waals surface area contributed by atoms with Crippen molar-refractivity contribution in [2.75, 3.05) is 19.8 Å². The summed E-state index contributed by atoms with van der Waals surface area (Å²) in [6, 6.07) is 3.11. The largest absolute Gasteiger partial charge is 0.394 e. The molecule has 0 fully saturated rings. The maximum atomic E-state index is 12.9. The molecule has 1 rings (SSSR count). The third-order valence-corrected chi connectivity index (χ3v) is 4.42. The van der Waals surface area contributed by atoms with Crippen LogP contribution in [0.2, 0.25) is 0 Å². The van der Waals surface area contributed by atoms with Crippen LogP contribution < -0.4 is 4.72 Å². The molecule has 0 saturated heterocycles. The first kappa shape index (κ1) is 16.0. The lowest BCUT2D eigenvalue weighted by Gasteiger charge is -2.28. The number of benzene rings is 1. The summed E-state index contributed by atoms with van der Waals surface area (Å²) in [7, 11) is -4.10. The molecule has 19 heavy (non-hydrogen) atoms. The van der Waals surface area contributed by atoms with Gasteiger partial charge in [0.05, 0.1) is 24.7 Å². The Morgan fingerprint density at radius 3 is 2.16 bits per heavy atom. The topological polar surface area (TPSA) is 107 Å². The van der Waals surface area contributed by atoms with Gasteiger partial charge in [-0.3, -0.25) is 0 Å². The van der Waals surface area contributed by atoms with Gasteiger partial charge in [-0.05, 0) is 30.7 Å². The van der Waals surface area contributed by atoms with Gasteiger partial charge in [0.15, 0.2) is 0 Å². The average molecular weight is 293 g/mol. The van der Waals surface area contributed by atoms with Gasteiger partial charge in [-0.2, -0.15) is 4.72 Å². The summed E-state index contributed by atoms with van der Waals surface area (Å²) in [6.45, 7) is -0.922. The zero-order valence-electron chi connectivity index (χ0n) is 10.3. The number of hydrogen-bond donors (Lipinski definition) is 4. The predicted octanol–water partition coefficient (Wildman–Crippen LogP) is -0.872. The highest BCUT2D eigenvalue weighted by atomic mass is 32.2. The number of sulfonamides is 1. The lowest BCUT2D eigenvalue weighted by atomic mass is 10.1. The summed E-state index contributed by atoms with van der Waals surface area (Å²) in [5.41, 5.74) is -1.59. The van der Waals surface area contributed by atoms with E-state index < -0.39 is 41.2 Å².